The van der Waals surface area contributed by atoms with Gasteiger partial charge in [-0.3, -0.25) is 5.10 Å². The number of fused-ring (bicyclic) bond motifs is 1. The van der Waals surface area contributed by atoms with Crippen molar-refractivity contribution in [3.8, 4) is 0 Å². The Hall–Kier alpha value is -3.77. The van der Waals surface area contributed by atoms with Gasteiger partial charge < -0.3 is 5.11 Å². The van der Waals surface area contributed by atoms with Crippen LogP contribution >= 0.6 is 11.6 Å². The second-order valence-electron chi connectivity index (χ2n) is 7.14. The minimum atomic E-state index is -1.01. The van der Waals surface area contributed by atoms with Gasteiger partial charge in [-0.05, 0) is 58.5 Å². The molecule has 5 nitrogen and oxygen atoms in total. The van der Waals surface area contributed by atoms with E-state index in [1.54, 1.807) is 6.07 Å². The van der Waals surface area contributed by atoms with Crippen molar-refractivity contribution in [3.63, 3.8) is 0 Å². The number of hydrogen-bond donors (Lipinski definition) is 2. The van der Waals surface area contributed by atoms with Crippen LogP contribution in [0.1, 0.15) is 35.6 Å². The number of aromatic amines is 1. The predicted molar refractivity (Wildman–Crippen MR) is 125 cm³/mol. The highest BCUT2D eigenvalue weighted by Gasteiger charge is 2.18. The van der Waals surface area contributed by atoms with Gasteiger partial charge in [-0.25, -0.2) is 9.18 Å². The number of carboxylic acids is 1. The van der Waals surface area contributed by atoms with Crippen molar-refractivity contribution in [2.75, 3.05) is 0 Å². The van der Waals surface area contributed by atoms with Crippen LogP contribution in [0.2, 0.25) is 5.02 Å². The molecule has 4 rings (SSSR count). The summed E-state index contributed by atoms with van der Waals surface area (Å²) in [5.41, 5.74) is 6.58. The van der Waals surface area contributed by atoms with E-state index < -0.39 is 11.8 Å². The largest absolute Gasteiger partial charge is 0.478 e. The highest BCUT2D eigenvalue weighted by Crippen LogP contribution is 2.39. The van der Waals surface area contributed by atoms with Crippen molar-refractivity contribution in [2.45, 2.75) is 13.3 Å². The molecular formula is C25H19ClFN3O2. The lowest BCUT2D eigenvalue weighted by Gasteiger charge is -2.17. The monoisotopic (exact) mass is 447 g/mol. The number of rotatable bonds is 6. The summed E-state index contributed by atoms with van der Waals surface area (Å²) in [7, 11) is 0. The SMILES string of the molecule is CCC(=C(c1ccc(C=CC(=O)O)cc1)c1cccc2[nH]nnc12)c1ccc(F)cc1Cl. The number of halogens is 2. The molecule has 1 heterocycles. The third-order valence-electron chi connectivity index (χ3n) is 5.16. The zero-order chi connectivity index (χ0) is 22.7. The molecule has 0 aliphatic rings. The van der Waals surface area contributed by atoms with Gasteiger partial charge in [-0.1, -0.05) is 66.2 Å². The summed E-state index contributed by atoms with van der Waals surface area (Å²) in [5.74, 6) is -1.41. The lowest BCUT2D eigenvalue weighted by atomic mass is 9.87. The highest BCUT2D eigenvalue weighted by molar-refractivity contribution is 6.32. The maximum Gasteiger partial charge on any atom is 0.328 e. The average molecular weight is 448 g/mol. The van der Waals surface area contributed by atoms with Crippen LogP contribution in [0.3, 0.4) is 0 Å². The van der Waals surface area contributed by atoms with E-state index in [9.17, 15) is 9.18 Å². The van der Waals surface area contributed by atoms with E-state index in [0.717, 1.165) is 45.0 Å². The third-order valence-corrected chi connectivity index (χ3v) is 5.47. The Bertz CT molecular complexity index is 1360. The van der Waals surface area contributed by atoms with Crippen molar-refractivity contribution >= 4 is 45.8 Å². The summed E-state index contributed by atoms with van der Waals surface area (Å²) in [6.45, 7) is 2.02. The van der Waals surface area contributed by atoms with Crippen molar-refractivity contribution < 1.29 is 14.3 Å². The van der Waals surface area contributed by atoms with Crippen molar-refractivity contribution in [1.29, 1.82) is 0 Å². The number of carbonyl (C=O) groups is 1. The van der Waals surface area contributed by atoms with Crippen LogP contribution in [-0.4, -0.2) is 26.5 Å². The molecule has 32 heavy (non-hydrogen) atoms. The molecule has 0 unspecified atom stereocenters. The quantitative estimate of drug-likeness (QED) is 0.272. The summed E-state index contributed by atoms with van der Waals surface area (Å²) >= 11 is 6.44. The molecule has 0 spiro atoms. The van der Waals surface area contributed by atoms with Crippen LogP contribution in [-0.2, 0) is 4.79 Å². The molecule has 0 fully saturated rings. The Morgan fingerprint density at radius 1 is 1.12 bits per heavy atom. The summed E-state index contributed by atoms with van der Waals surface area (Å²) in [5, 5.41) is 20.3. The summed E-state index contributed by atoms with van der Waals surface area (Å²) in [4.78, 5) is 10.8. The smallest absolute Gasteiger partial charge is 0.328 e. The first kappa shape index (κ1) is 21.5. The molecule has 0 atom stereocenters. The number of aliphatic carboxylic acids is 1. The first-order chi connectivity index (χ1) is 15.5. The Kier molecular flexibility index (Phi) is 6.14. The second-order valence-corrected chi connectivity index (χ2v) is 7.55. The number of nitrogens with zero attached hydrogens (tertiary/aromatic N) is 2. The van der Waals surface area contributed by atoms with Gasteiger partial charge in [0, 0.05) is 11.6 Å². The zero-order valence-corrected chi connectivity index (χ0v) is 17.9. The second kappa shape index (κ2) is 9.16. The van der Waals surface area contributed by atoms with E-state index in [-0.39, 0.29) is 0 Å². The zero-order valence-electron chi connectivity index (χ0n) is 17.1. The summed E-state index contributed by atoms with van der Waals surface area (Å²) in [6, 6.07) is 17.7. The fourth-order valence-corrected chi connectivity index (χ4v) is 4.01. The minimum Gasteiger partial charge on any atom is -0.478 e. The molecule has 0 saturated heterocycles. The van der Waals surface area contributed by atoms with Crippen molar-refractivity contribution in [1.82, 2.24) is 15.4 Å². The average Bonchev–Trinajstić information content (AvgIpc) is 3.26. The van der Waals surface area contributed by atoms with Crippen LogP contribution < -0.4 is 0 Å². The molecule has 160 valence electrons. The lowest BCUT2D eigenvalue weighted by Crippen LogP contribution is -1.97. The molecular weight excluding hydrogens is 429 g/mol. The highest BCUT2D eigenvalue weighted by atomic mass is 35.5. The van der Waals surface area contributed by atoms with Gasteiger partial charge in [0.15, 0.2) is 0 Å². The van der Waals surface area contributed by atoms with Crippen LogP contribution in [0.4, 0.5) is 4.39 Å². The molecule has 3 aromatic carbocycles. The van der Waals surface area contributed by atoms with E-state index in [1.807, 2.05) is 49.4 Å². The molecule has 1 aromatic heterocycles. The Balaban J connectivity index is 1.98. The summed E-state index contributed by atoms with van der Waals surface area (Å²) < 4.78 is 13.7. The van der Waals surface area contributed by atoms with E-state index in [4.69, 9.17) is 16.7 Å². The lowest BCUT2D eigenvalue weighted by molar-refractivity contribution is -0.131. The fourth-order valence-electron chi connectivity index (χ4n) is 3.73. The number of hydrogen-bond acceptors (Lipinski definition) is 3. The van der Waals surface area contributed by atoms with E-state index >= 15 is 0 Å². The van der Waals surface area contributed by atoms with Crippen molar-refractivity contribution in [3.05, 3.63) is 99.8 Å². The Morgan fingerprint density at radius 3 is 2.59 bits per heavy atom. The number of H-pyrrole nitrogens is 1. The molecule has 0 bridgehead atoms. The first-order valence-electron chi connectivity index (χ1n) is 9.98. The number of aromatic nitrogens is 3. The van der Waals surface area contributed by atoms with Gasteiger partial charge in [0.1, 0.15) is 11.3 Å². The minimum absolute atomic E-state index is 0.327. The van der Waals surface area contributed by atoms with E-state index in [2.05, 4.69) is 15.4 Å². The van der Waals surface area contributed by atoms with Gasteiger partial charge in [-0.15, -0.1) is 5.10 Å². The molecule has 0 radical (unpaired) electrons. The molecule has 0 aliphatic carbocycles. The Morgan fingerprint density at radius 2 is 1.91 bits per heavy atom. The predicted octanol–water partition coefficient (Wildman–Crippen LogP) is 6.22. The number of allylic oxidation sites excluding steroid dienone is 1. The summed E-state index contributed by atoms with van der Waals surface area (Å²) in [6.07, 6.45) is 3.26. The number of benzene rings is 3. The van der Waals surface area contributed by atoms with Gasteiger partial charge in [0.25, 0.3) is 0 Å². The van der Waals surface area contributed by atoms with Gasteiger partial charge in [0.05, 0.1) is 10.5 Å². The number of carboxylic acid groups (broad SMARTS) is 1. The van der Waals surface area contributed by atoms with Gasteiger partial charge in [0.2, 0.25) is 0 Å². The molecule has 0 aliphatic heterocycles. The molecule has 2 N–H and O–H groups in total. The van der Waals surface area contributed by atoms with Gasteiger partial charge >= 0.3 is 5.97 Å². The van der Waals surface area contributed by atoms with Crippen LogP contribution in [0.5, 0.6) is 0 Å². The maximum absolute atomic E-state index is 13.7. The van der Waals surface area contributed by atoms with Crippen molar-refractivity contribution in [2.24, 2.45) is 0 Å². The standard InChI is InChI=1S/C25H19ClFN3O2/c1-2-18(19-12-11-17(27)14-21(19)26)24(20-4-3-5-22-25(20)29-30-28-22)16-9-6-15(7-10-16)8-13-23(31)32/h3-14H,2H2,1H3,(H,31,32)(H,28,29,30). The van der Waals surface area contributed by atoms with Crippen LogP contribution in [0.25, 0.3) is 28.3 Å². The van der Waals surface area contributed by atoms with Gasteiger partial charge in [-0.2, -0.15) is 0 Å². The third kappa shape index (κ3) is 4.31. The van der Waals surface area contributed by atoms with E-state index in [0.29, 0.717) is 17.0 Å². The van der Waals surface area contributed by atoms with E-state index in [1.165, 1.54) is 18.2 Å². The molecule has 7 heteroatoms. The van der Waals surface area contributed by atoms with Crippen LogP contribution in [0.15, 0.2) is 66.7 Å². The first-order valence-corrected chi connectivity index (χ1v) is 10.4. The molecule has 0 amide bonds. The number of nitrogens with one attached hydrogen (secondary N) is 1. The topological polar surface area (TPSA) is 78.9 Å². The fraction of sp³-hybridized carbons (Fsp3) is 0.0800. The Labute approximate surface area is 188 Å². The van der Waals surface area contributed by atoms with Crippen LogP contribution in [0, 0.1) is 5.82 Å². The normalized spacial score (nSPS) is 12.3. The molecule has 0 saturated carbocycles. The maximum atomic E-state index is 13.7. The molecule has 4 aromatic rings.